The van der Waals surface area contributed by atoms with Gasteiger partial charge in [-0.3, -0.25) is 4.90 Å². The van der Waals surface area contributed by atoms with Crippen molar-refractivity contribution in [2.24, 2.45) is 16.8 Å². The van der Waals surface area contributed by atoms with Gasteiger partial charge in [0.05, 0.1) is 0 Å². The molecule has 2 aliphatic rings. The summed E-state index contributed by atoms with van der Waals surface area (Å²) in [5.74, 6) is 1.25. The maximum Gasteiger partial charge on any atom is 0.140 e. The first-order valence-corrected chi connectivity index (χ1v) is 6.94. The first-order chi connectivity index (χ1) is 8.22. The molecule has 3 N–H and O–H groups in total. The summed E-state index contributed by atoms with van der Waals surface area (Å²) in [6.45, 7) is 3.38. The zero-order valence-corrected chi connectivity index (χ0v) is 10.8. The highest BCUT2D eigenvalue weighted by molar-refractivity contribution is 5.80. The van der Waals surface area contributed by atoms with Crippen LogP contribution in [0.2, 0.25) is 0 Å². The van der Waals surface area contributed by atoms with Crippen LogP contribution in [0.1, 0.15) is 51.9 Å². The minimum Gasteiger partial charge on any atom is -0.409 e. The van der Waals surface area contributed by atoms with Crippen LogP contribution >= 0.6 is 0 Å². The SMILES string of the molecule is CC(CC(N)=NO)N1CCCC1C1CCCC1. The van der Waals surface area contributed by atoms with Gasteiger partial charge in [0.15, 0.2) is 0 Å². The van der Waals surface area contributed by atoms with Crippen LogP contribution in [0, 0.1) is 5.92 Å². The Kier molecular flexibility index (Phi) is 4.26. The van der Waals surface area contributed by atoms with Gasteiger partial charge in [-0.2, -0.15) is 0 Å². The van der Waals surface area contributed by atoms with E-state index in [2.05, 4.69) is 17.0 Å². The highest BCUT2D eigenvalue weighted by Crippen LogP contribution is 2.36. The standard InChI is InChI=1S/C13H25N3O/c1-10(9-13(14)15-17)16-8-4-7-12(16)11-5-2-3-6-11/h10-12,17H,2-9H2,1H3,(H2,14,15). The smallest absolute Gasteiger partial charge is 0.140 e. The Morgan fingerprint density at radius 3 is 2.71 bits per heavy atom. The van der Waals surface area contributed by atoms with Gasteiger partial charge in [-0.1, -0.05) is 18.0 Å². The van der Waals surface area contributed by atoms with Crippen molar-refractivity contribution in [3.63, 3.8) is 0 Å². The molecule has 0 radical (unpaired) electrons. The van der Waals surface area contributed by atoms with Crippen molar-refractivity contribution in [2.45, 2.75) is 64.0 Å². The van der Waals surface area contributed by atoms with Crippen LogP contribution in [-0.2, 0) is 0 Å². The molecule has 1 saturated carbocycles. The van der Waals surface area contributed by atoms with E-state index in [1.165, 1.54) is 45.1 Å². The van der Waals surface area contributed by atoms with E-state index >= 15 is 0 Å². The largest absolute Gasteiger partial charge is 0.409 e. The fraction of sp³-hybridized carbons (Fsp3) is 0.923. The Labute approximate surface area is 104 Å². The van der Waals surface area contributed by atoms with Crippen molar-refractivity contribution in [2.75, 3.05) is 6.54 Å². The number of hydrogen-bond donors (Lipinski definition) is 2. The van der Waals surface area contributed by atoms with E-state index in [1.807, 2.05) is 0 Å². The minimum atomic E-state index is 0.356. The Morgan fingerprint density at radius 2 is 2.06 bits per heavy atom. The molecule has 98 valence electrons. The van der Waals surface area contributed by atoms with Crippen LogP contribution in [0.25, 0.3) is 0 Å². The predicted octanol–water partition coefficient (Wildman–Crippen LogP) is 2.17. The second kappa shape index (κ2) is 5.71. The molecular formula is C13H25N3O. The monoisotopic (exact) mass is 239 g/mol. The molecule has 17 heavy (non-hydrogen) atoms. The van der Waals surface area contributed by atoms with Gasteiger partial charge in [0.25, 0.3) is 0 Å². The first-order valence-electron chi connectivity index (χ1n) is 6.94. The van der Waals surface area contributed by atoms with Crippen LogP contribution in [0.3, 0.4) is 0 Å². The number of likely N-dealkylation sites (tertiary alicyclic amines) is 1. The van der Waals surface area contributed by atoms with Gasteiger partial charge in [0, 0.05) is 18.5 Å². The summed E-state index contributed by atoms with van der Waals surface area (Å²) in [6, 6.07) is 1.15. The Morgan fingerprint density at radius 1 is 1.35 bits per heavy atom. The molecule has 2 rings (SSSR count). The fourth-order valence-corrected chi connectivity index (χ4v) is 3.67. The van der Waals surface area contributed by atoms with E-state index in [0.29, 0.717) is 18.3 Å². The van der Waals surface area contributed by atoms with Crippen LogP contribution in [0.4, 0.5) is 0 Å². The quantitative estimate of drug-likeness (QED) is 0.342. The molecule has 2 fully saturated rings. The van der Waals surface area contributed by atoms with Gasteiger partial charge < -0.3 is 10.9 Å². The summed E-state index contributed by atoms with van der Waals surface area (Å²) in [5, 5.41) is 11.7. The Balaban J connectivity index is 1.93. The lowest BCUT2D eigenvalue weighted by atomic mass is 9.95. The fourth-order valence-electron chi connectivity index (χ4n) is 3.67. The molecule has 1 aliphatic carbocycles. The zero-order valence-electron chi connectivity index (χ0n) is 10.8. The number of nitrogens with zero attached hydrogens (tertiary/aromatic N) is 2. The molecule has 0 bridgehead atoms. The van der Waals surface area contributed by atoms with Crippen LogP contribution in [0.15, 0.2) is 5.16 Å². The predicted molar refractivity (Wildman–Crippen MR) is 69.2 cm³/mol. The van der Waals surface area contributed by atoms with Gasteiger partial charge >= 0.3 is 0 Å². The minimum absolute atomic E-state index is 0.356. The maximum absolute atomic E-state index is 8.65. The summed E-state index contributed by atoms with van der Waals surface area (Å²) < 4.78 is 0. The highest BCUT2D eigenvalue weighted by Gasteiger charge is 2.35. The van der Waals surface area contributed by atoms with Crippen molar-refractivity contribution >= 4 is 5.84 Å². The second-order valence-electron chi connectivity index (χ2n) is 5.64. The van der Waals surface area contributed by atoms with Crippen molar-refractivity contribution < 1.29 is 5.21 Å². The lowest BCUT2D eigenvalue weighted by Gasteiger charge is -2.34. The topological polar surface area (TPSA) is 61.9 Å². The summed E-state index contributed by atoms with van der Waals surface area (Å²) in [7, 11) is 0. The van der Waals surface area contributed by atoms with Gasteiger partial charge in [-0.25, -0.2) is 0 Å². The van der Waals surface area contributed by atoms with Gasteiger partial charge in [0.2, 0.25) is 0 Å². The van der Waals surface area contributed by atoms with Gasteiger partial charge in [-0.05, 0) is 45.1 Å². The highest BCUT2D eigenvalue weighted by atomic mass is 16.4. The van der Waals surface area contributed by atoms with E-state index in [4.69, 9.17) is 10.9 Å². The maximum atomic E-state index is 8.65. The number of nitrogens with two attached hydrogens (primary N) is 1. The number of hydrogen-bond acceptors (Lipinski definition) is 3. The zero-order chi connectivity index (χ0) is 12.3. The number of oxime groups is 1. The van der Waals surface area contributed by atoms with E-state index in [9.17, 15) is 0 Å². The third-order valence-electron chi connectivity index (χ3n) is 4.49. The van der Waals surface area contributed by atoms with Crippen LogP contribution < -0.4 is 5.73 Å². The lowest BCUT2D eigenvalue weighted by molar-refractivity contribution is 0.146. The number of rotatable bonds is 4. The van der Waals surface area contributed by atoms with E-state index in [-0.39, 0.29) is 0 Å². The molecule has 2 atom stereocenters. The Bertz CT molecular complexity index is 274. The first kappa shape index (κ1) is 12.7. The average molecular weight is 239 g/mol. The van der Waals surface area contributed by atoms with Crippen LogP contribution in [-0.4, -0.2) is 34.6 Å². The van der Waals surface area contributed by atoms with Crippen molar-refractivity contribution in [3.05, 3.63) is 0 Å². The molecule has 2 unspecified atom stereocenters. The molecule has 4 heteroatoms. The van der Waals surface area contributed by atoms with E-state index in [1.54, 1.807) is 0 Å². The molecule has 0 aromatic rings. The van der Waals surface area contributed by atoms with Crippen molar-refractivity contribution in [3.8, 4) is 0 Å². The molecule has 0 aromatic carbocycles. The normalized spacial score (nSPS) is 29.9. The number of amidine groups is 1. The summed E-state index contributed by atoms with van der Waals surface area (Å²) in [5.41, 5.74) is 5.61. The molecule has 1 saturated heterocycles. The summed E-state index contributed by atoms with van der Waals surface area (Å²) >= 11 is 0. The molecule has 4 nitrogen and oxygen atoms in total. The van der Waals surface area contributed by atoms with E-state index < -0.39 is 0 Å². The molecule has 1 heterocycles. The average Bonchev–Trinajstić information content (AvgIpc) is 2.98. The van der Waals surface area contributed by atoms with E-state index in [0.717, 1.165) is 12.0 Å². The van der Waals surface area contributed by atoms with Crippen molar-refractivity contribution in [1.29, 1.82) is 0 Å². The van der Waals surface area contributed by atoms with Gasteiger partial charge in [-0.15, -0.1) is 0 Å². The molecule has 0 spiro atoms. The van der Waals surface area contributed by atoms with Crippen LogP contribution in [0.5, 0.6) is 0 Å². The molecular weight excluding hydrogens is 214 g/mol. The van der Waals surface area contributed by atoms with Gasteiger partial charge in [0.1, 0.15) is 5.84 Å². The molecule has 1 aliphatic heterocycles. The second-order valence-corrected chi connectivity index (χ2v) is 5.64. The Hall–Kier alpha value is -0.770. The summed E-state index contributed by atoms with van der Waals surface area (Å²) in [4.78, 5) is 2.59. The third kappa shape index (κ3) is 2.92. The molecule has 0 aromatic heterocycles. The lowest BCUT2D eigenvalue weighted by Crippen LogP contribution is -2.42. The van der Waals surface area contributed by atoms with Crippen molar-refractivity contribution in [1.82, 2.24) is 4.90 Å². The molecule has 0 amide bonds. The third-order valence-corrected chi connectivity index (χ3v) is 4.49. The summed E-state index contributed by atoms with van der Waals surface area (Å²) in [6.07, 6.45) is 8.94.